The van der Waals surface area contributed by atoms with Gasteiger partial charge in [0.1, 0.15) is 0 Å². The van der Waals surface area contributed by atoms with Crippen molar-refractivity contribution in [2.75, 3.05) is 33.2 Å². The summed E-state index contributed by atoms with van der Waals surface area (Å²) in [6.07, 6.45) is 1.17. The number of likely N-dealkylation sites (N-methyl/N-ethyl adjacent to an activating group) is 1. The molecular formula is C10H19N3O. The molecule has 80 valence electrons. The number of carbonyl (C=O) groups excluding carboxylic acids is 1. The Labute approximate surface area is 85.0 Å². The van der Waals surface area contributed by atoms with Crippen LogP contribution in [-0.4, -0.2) is 49.6 Å². The zero-order valence-electron chi connectivity index (χ0n) is 8.97. The molecule has 0 aromatic carbocycles. The molecule has 0 unspecified atom stereocenters. The van der Waals surface area contributed by atoms with Crippen LogP contribution in [0.1, 0.15) is 13.3 Å². The molecule has 2 N–H and O–H groups in total. The van der Waals surface area contributed by atoms with Crippen molar-refractivity contribution in [2.24, 2.45) is 5.92 Å². The van der Waals surface area contributed by atoms with Gasteiger partial charge in [0, 0.05) is 26.6 Å². The highest BCUT2D eigenvalue weighted by atomic mass is 16.1. The van der Waals surface area contributed by atoms with Crippen LogP contribution >= 0.6 is 0 Å². The van der Waals surface area contributed by atoms with Crippen LogP contribution in [0.4, 0.5) is 0 Å². The predicted molar refractivity (Wildman–Crippen MR) is 55.0 cm³/mol. The van der Waals surface area contributed by atoms with Gasteiger partial charge in [-0.3, -0.25) is 4.79 Å². The number of hydrogen-bond donors (Lipinski definition) is 2. The molecule has 1 amide bonds. The fourth-order valence-corrected chi connectivity index (χ4v) is 2.92. The lowest BCUT2D eigenvalue weighted by molar-refractivity contribution is -0.121. The van der Waals surface area contributed by atoms with Gasteiger partial charge in [-0.25, -0.2) is 0 Å². The van der Waals surface area contributed by atoms with Crippen molar-refractivity contribution in [3.63, 3.8) is 0 Å². The molecule has 0 saturated carbocycles. The molecule has 0 aromatic heterocycles. The zero-order chi connectivity index (χ0) is 10.2. The molecule has 2 rings (SSSR count). The maximum Gasteiger partial charge on any atom is 0.217 e. The fourth-order valence-electron chi connectivity index (χ4n) is 2.92. The van der Waals surface area contributed by atoms with Crippen molar-refractivity contribution in [2.45, 2.75) is 18.9 Å². The third kappa shape index (κ3) is 1.64. The van der Waals surface area contributed by atoms with E-state index in [1.54, 1.807) is 6.92 Å². The molecule has 14 heavy (non-hydrogen) atoms. The molecule has 2 heterocycles. The van der Waals surface area contributed by atoms with Crippen molar-refractivity contribution < 1.29 is 4.79 Å². The Morgan fingerprint density at radius 3 is 3.14 bits per heavy atom. The van der Waals surface area contributed by atoms with E-state index < -0.39 is 0 Å². The largest absolute Gasteiger partial charge is 0.348 e. The van der Waals surface area contributed by atoms with E-state index in [9.17, 15) is 4.79 Å². The summed E-state index contributed by atoms with van der Waals surface area (Å²) < 4.78 is 0. The van der Waals surface area contributed by atoms with E-state index in [1.165, 1.54) is 6.42 Å². The third-order valence-electron chi connectivity index (χ3n) is 3.40. The van der Waals surface area contributed by atoms with E-state index in [0.29, 0.717) is 5.92 Å². The predicted octanol–water partition coefficient (Wildman–Crippen LogP) is -0.584. The van der Waals surface area contributed by atoms with Crippen molar-refractivity contribution in [1.82, 2.24) is 15.5 Å². The summed E-state index contributed by atoms with van der Waals surface area (Å²) in [5, 5.41) is 6.53. The van der Waals surface area contributed by atoms with E-state index in [2.05, 4.69) is 22.6 Å². The van der Waals surface area contributed by atoms with Gasteiger partial charge in [0.25, 0.3) is 0 Å². The van der Waals surface area contributed by atoms with Crippen LogP contribution in [0.3, 0.4) is 0 Å². The molecule has 2 saturated heterocycles. The average Bonchev–Trinajstić information content (AvgIpc) is 2.38. The molecule has 0 spiro atoms. The first kappa shape index (κ1) is 9.93. The number of amides is 1. The van der Waals surface area contributed by atoms with Crippen LogP contribution in [-0.2, 0) is 4.79 Å². The van der Waals surface area contributed by atoms with Crippen LogP contribution in [0.25, 0.3) is 0 Å². The molecule has 4 heteroatoms. The summed E-state index contributed by atoms with van der Waals surface area (Å²) in [6.45, 7) is 5.70. The van der Waals surface area contributed by atoms with Gasteiger partial charge >= 0.3 is 0 Å². The smallest absolute Gasteiger partial charge is 0.217 e. The Kier molecular flexibility index (Phi) is 2.49. The number of nitrogens with zero attached hydrogens (tertiary/aromatic N) is 1. The van der Waals surface area contributed by atoms with Crippen molar-refractivity contribution in [3.8, 4) is 0 Å². The molecule has 2 fully saturated rings. The van der Waals surface area contributed by atoms with Gasteiger partial charge in [0.05, 0.1) is 5.54 Å². The molecule has 4 nitrogen and oxygen atoms in total. The standard InChI is InChI=1S/C10H19N3O/c1-8(14)12-10-6-11-4-3-9(10)5-13(2)7-10/h9,11H,3-7H2,1-2H3,(H,12,14)/t9-,10+/m0/s1. The highest BCUT2D eigenvalue weighted by Crippen LogP contribution is 2.31. The topological polar surface area (TPSA) is 44.4 Å². The second kappa shape index (κ2) is 3.51. The summed E-state index contributed by atoms with van der Waals surface area (Å²) in [4.78, 5) is 13.5. The van der Waals surface area contributed by atoms with E-state index in [1.807, 2.05) is 0 Å². The second-order valence-corrected chi connectivity index (χ2v) is 4.70. The Morgan fingerprint density at radius 1 is 1.64 bits per heavy atom. The van der Waals surface area contributed by atoms with Gasteiger partial charge in [0.2, 0.25) is 5.91 Å². The summed E-state index contributed by atoms with van der Waals surface area (Å²) in [7, 11) is 2.13. The van der Waals surface area contributed by atoms with E-state index in [4.69, 9.17) is 0 Å². The van der Waals surface area contributed by atoms with Crippen LogP contribution < -0.4 is 10.6 Å². The van der Waals surface area contributed by atoms with Crippen LogP contribution in [0, 0.1) is 5.92 Å². The lowest BCUT2D eigenvalue weighted by Crippen LogP contribution is -2.62. The summed E-state index contributed by atoms with van der Waals surface area (Å²) in [5.74, 6) is 0.714. The minimum atomic E-state index is -0.00116. The number of piperidine rings is 1. The number of carbonyl (C=O) groups is 1. The quantitative estimate of drug-likeness (QED) is 0.591. The molecule has 2 atom stereocenters. The summed E-state index contributed by atoms with van der Waals surface area (Å²) in [5.41, 5.74) is -0.00116. The van der Waals surface area contributed by atoms with E-state index >= 15 is 0 Å². The number of fused-ring (bicyclic) bond motifs is 1. The molecular weight excluding hydrogens is 178 g/mol. The average molecular weight is 197 g/mol. The fraction of sp³-hybridized carbons (Fsp3) is 0.900. The SMILES string of the molecule is CC(=O)N[C@@]12CNCC[C@H]1CN(C)C2. The second-order valence-electron chi connectivity index (χ2n) is 4.70. The molecule has 0 radical (unpaired) electrons. The first-order valence-electron chi connectivity index (χ1n) is 5.30. The van der Waals surface area contributed by atoms with Crippen LogP contribution in [0.2, 0.25) is 0 Å². The highest BCUT2D eigenvalue weighted by Gasteiger charge is 2.47. The van der Waals surface area contributed by atoms with Gasteiger partial charge in [-0.1, -0.05) is 0 Å². The minimum Gasteiger partial charge on any atom is -0.348 e. The number of likely N-dealkylation sites (tertiary alicyclic amines) is 1. The Bertz CT molecular complexity index is 244. The monoisotopic (exact) mass is 197 g/mol. The highest BCUT2D eigenvalue weighted by molar-refractivity contribution is 5.74. The van der Waals surface area contributed by atoms with Gasteiger partial charge in [-0.15, -0.1) is 0 Å². The van der Waals surface area contributed by atoms with Crippen molar-refractivity contribution in [3.05, 3.63) is 0 Å². The Balaban J connectivity index is 2.14. The van der Waals surface area contributed by atoms with Gasteiger partial charge < -0.3 is 15.5 Å². The molecule has 0 bridgehead atoms. The molecule has 2 aliphatic heterocycles. The summed E-state index contributed by atoms with van der Waals surface area (Å²) in [6, 6.07) is 0. The number of nitrogens with one attached hydrogen (secondary N) is 2. The first-order valence-corrected chi connectivity index (χ1v) is 5.30. The number of rotatable bonds is 1. The third-order valence-corrected chi connectivity index (χ3v) is 3.40. The lowest BCUT2D eigenvalue weighted by Gasteiger charge is -2.39. The zero-order valence-corrected chi connectivity index (χ0v) is 8.97. The Hall–Kier alpha value is -0.610. The number of hydrogen-bond acceptors (Lipinski definition) is 3. The Morgan fingerprint density at radius 2 is 2.43 bits per heavy atom. The lowest BCUT2D eigenvalue weighted by atomic mass is 9.82. The maximum absolute atomic E-state index is 11.2. The van der Waals surface area contributed by atoms with E-state index in [0.717, 1.165) is 26.2 Å². The van der Waals surface area contributed by atoms with E-state index in [-0.39, 0.29) is 11.4 Å². The summed E-state index contributed by atoms with van der Waals surface area (Å²) >= 11 is 0. The normalized spacial score (nSPS) is 38.0. The van der Waals surface area contributed by atoms with Crippen LogP contribution in [0.5, 0.6) is 0 Å². The van der Waals surface area contributed by atoms with Crippen molar-refractivity contribution >= 4 is 5.91 Å². The maximum atomic E-state index is 11.2. The minimum absolute atomic E-state index is 0.00116. The van der Waals surface area contributed by atoms with Crippen molar-refractivity contribution in [1.29, 1.82) is 0 Å². The molecule has 0 aromatic rings. The molecule has 0 aliphatic carbocycles. The van der Waals surface area contributed by atoms with Gasteiger partial charge in [-0.2, -0.15) is 0 Å². The first-order chi connectivity index (χ1) is 6.62. The van der Waals surface area contributed by atoms with Crippen LogP contribution in [0.15, 0.2) is 0 Å². The molecule has 2 aliphatic rings. The van der Waals surface area contributed by atoms with Gasteiger partial charge in [0.15, 0.2) is 0 Å². The van der Waals surface area contributed by atoms with Gasteiger partial charge in [-0.05, 0) is 25.9 Å².